The maximum atomic E-state index is 12.4. The largest absolute Gasteiger partial charge is 0.489 e. The molecule has 1 aliphatic carbocycles. The fourth-order valence-corrected chi connectivity index (χ4v) is 4.32. The molecule has 1 saturated carbocycles. The van der Waals surface area contributed by atoms with Crippen LogP contribution in [0.25, 0.3) is 0 Å². The molecule has 1 heterocycles. The first-order valence-corrected chi connectivity index (χ1v) is 10.2. The number of hydrogen-bond acceptors (Lipinski definition) is 4. The number of benzene rings is 1. The van der Waals surface area contributed by atoms with Crippen molar-refractivity contribution in [1.29, 1.82) is 0 Å². The minimum absolute atomic E-state index is 0.00853. The molecule has 1 fully saturated rings. The van der Waals surface area contributed by atoms with Crippen LogP contribution < -0.4 is 4.74 Å². The number of para-hydroxylation sites is 1. The number of ether oxygens (including phenoxy) is 1. The molecule has 0 amide bonds. The minimum Gasteiger partial charge on any atom is -0.489 e. The van der Waals surface area contributed by atoms with Crippen molar-refractivity contribution in [2.75, 3.05) is 0 Å². The molecule has 0 unspecified atom stereocenters. The third-order valence-electron chi connectivity index (χ3n) is 5.88. The van der Waals surface area contributed by atoms with Crippen LogP contribution in [-0.2, 0) is 16.0 Å². The highest BCUT2D eigenvalue weighted by molar-refractivity contribution is 5.91. The van der Waals surface area contributed by atoms with Gasteiger partial charge < -0.3 is 14.9 Å². The van der Waals surface area contributed by atoms with Gasteiger partial charge in [0.25, 0.3) is 0 Å². The number of allylic oxidation sites excluding steroid dienone is 1. The second-order valence-electron chi connectivity index (χ2n) is 7.94. The summed E-state index contributed by atoms with van der Waals surface area (Å²) in [6.07, 6.45) is 5.14. The Bertz CT molecular complexity index is 860. The van der Waals surface area contributed by atoms with Crippen LogP contribution in [0.3, 0.4) is 0 Å². The Balaban J connectivity index is 1.76. The molecule has 5 atom stereocenters. The van der Waals surface area contributed by atoms with Crippen molar-refractivity contribution in [2.24, 2.45) is 11.8 Å². The first-order valence-electron chi connectivity index (χ1n) is 10.2. The average molecular weight is 396 g/mol. The predicted molar refractivity (Wildman–Crippen MR) is 110 cm³/mol. The van der Waals surface area contributed by atoms with E-state index in [2.05, 4.69) is 11.8 Å². The molecule has 29 heavy (non-hydrogen) atoms. The zero-order chi connectivity index (χ0) is 21.0. The topological polar surface area (TPSA) is 83.8 Å². The highest BCUT2D eigenvalue weighted by Gasteiger charge is 2.48. The Morgan fingerprint density at radius 2 is 2.17 bits per heavy atom. The predicted octanol–water partition coefficient (Wildman–Crippen LogP) is 3.49. The molecular weight excluding hydrogens is 368 g/mol. The minimum atomic E-state index is -0.799. The highest BCUT2D eigenvalue weighted by atomic mass is 16.5. The molecule has 5 nitrogen and oxygen atoms in total. The van der Waals surface area contributed by atoms with Gasteiger partial charge in [0.2, 0.25) is 0 Å². The van der Waals surface area contributed by atoms with E-state index in [0.29, 0.717) is 25.7 Å². The number of carbonyl (C=O) groups excluding carboxylic acids is 1. The number of fused-ring (bicyclic) bond motifs is 3. The molecule has 2 aliphatic rings. The number of rotatable bonds is 8. The normalized spacial score (nSPS) is 25.6. The third kappa shape index (κ3) is 4.71. The monoisotopic (exact) mass is 396 g/mol. The Kier molecular flexibility index (Phi) is 6.76. The number of carboxylic acid groups (broad SMARTS) is 1. The lowest BCUT2D eigenvalue weighted by atomic mass is 9.86. The van der Waals surface area contributed by atoms with Crippen LogP contribution in [0.15, 0.2) is 30.4 Å². The van der Waals surface area contributed by atoms with Gasteiger partial charge in [0, 0.05) is 42.6 Å². The average Bonchev–Trinajstić information content (AvgIpc) is 3.19. The Hall–Kier alpha value is -2.58. The van der Waals surface area contributed by atoms with Gasteiger partial charge in [0.15, 0.2) is 5.78 Å². The zero-order valence-corrected chi connectivity index (χ0v) is 16.9. The second-order valence-corrected chi connectivity index (χ2v) is 7.94. The second kappa shape index (κ2) is 9.28. The lowest BCUT2D eigenvalue weighted by molar-refractivity contribution is -0.137. The number of aliphatic carboxylic acids is 1. The van der Waals surface area contributed by atoms with E-state index in [0.717, 1.165) is 16.9 Å². The molecule has 0 bridgehead atoms. The van der Waals surface area contributed by atoms with E-state index in [4.69, 9.17) is 9.84 Å². The number of aliphatic hydroxyl groups excluding tert-OH is 1. The van der Waals surface area contributed by atoms with Gasteiger partial charge in [-0.15, -0.1) is 11.8 Å². The molecule has 5 heteroatoms. The summed E-state index contributed by atoms with van der Waals surface area (Å²) in [7, 11) is 0. The zero-order valence-electron chi connectivity index (χ0n) is 16.9. The first kappa shape index (κ1) is 21.1. The van der Waals surface area contributed by atoms with E-state index in [1.54, 1.807) is 13.0 Å². The van der Waals surface area contributed by atoms with Gasteiger partial charge in [-0.05, 0) is 31.4 Å². The Morgan fingerprint density at radius 3 is 2.90 bits per heavy atom. The van der Waals surface area contributed by atoms with Crippen LogP contribution in [0.4, 0.5) is 0 Å². The summed E-state index contributed by atoms with van der Waals surface area (Å²) in [5, 5.41) is 19.4. The lowest BCUT2D eigenvalue weighted by Crippen LogP contribution is -2.17. The van der Waals surface area contributed by atoms with E-state index in [-0.39, 0.29) is 36.1 Å². The molecular formula is C24H28O5. The summed E-state index contributed by atoms with van der Waals surface area (Å²) >= 11 is 0. The molecule has 0 spiro atoms. The maximum Gasteiger partial charge on any atom is 0.303 e. The standard InChI is InChI=1S/C24H28O5/c1-3-4-7-15(2)19(25)13-12-17-20(26)14-21-23(17)18-10-5-8-16(24(18)29-21)9-6-11-22(27)28/h5,8,10,12-13,15,17,20-21,23,26H,6-7,9,11,14H2,1-2H3,(H,27,28)/b13-12+/t15-,17+,20-,21+,23+/m1/s1. The number of hydrogen-bond donors (Lipinski definition) is 2. The number of carboxylic acids is 1. The number of aliphatic hydroxyl groups is 1. The number of aryl methyl sites for hydroxylation is 1. The SMILES string of the molecule is CC#CC[C@@H](C)C(=O)/C=C/[C@@H]1[C@H]2c3cccc(CCCC(=O)O)c3O[C@H]2C[C@H]1O. The summed E-state index contributed by atoms with van der Waals surface area (Å²) in [5.41, 5.74) is 2.06. The van der Waals surface area contributed by atoms with E-state index < -0.39 is 12.1 Å². The molecule has 0 radical (unpaired) electrons. The van der Waals surface area contributed by atoms with Crippen LogP contribution >= 0.6 is 0 Å². The molecule has 1 aromatic carbocycles. The number of carbonyl (C=O) groups is 2. The van der Waals surface area contributed by atoms with Gasteiger partial charge in [-0.3, -0.25) is 9.59 Å². The Labute approximate surface area is 171 Å². The van der Waals surface area contributed by atoms with Crippen LogP contribution in [0.5, 0.6) is 5.75 Å². The van der Waals surface area contributed by atoms with E-state index >= 15 is 0 Å². The molecule has 3 rings (SSSR count). The van der Waals surface area contributed by atoms with Gasteiger partial charge in [0.05, 0.1) is 6.10 Å². The molecule has 1 aromatic rings. The van der Waals surface area contributed by atoms with E-state index in [9.17, 15) is 14.7 Å². The van der Waals surface area contributed by atoms with Gasteiger partial charge >= 0.3 is 5.97 Å². The number of ketones is 1. The van der Waals surface area contributed by atoms with Crippen LogP contribution in [0.1, 0.15) is 56.6 Å². The molecule has 0 saturated heterocycles. The summed E-state index contributed by atoms with van der Waals surface area (Å²) in [5.74, 6) is 5.46. The molecule has 154 valence electrons. The van der Waals surface area contributed by atoms with E-state index in [1.165, 1.54) is 0 Å². The van der Waals surface area contributed by atoms with Crippen LogP contribution in [-0.4, -0.2) is 34.2 Å². The quantitative estimate of drug-likeness (QED) is 0.519. The van der Waals surface area contributed by atoms with Gasteiger partial charge in [-0.25, -0.2) is 0 Å². The van der Waals surface area contributed by atoms with Crippen molar-refractivity contribution in [3.05, 3.63) is 41.5 Å². The molecule has 0 aromatic heterocycles. The Morgan fingerprint density at radius 1 is 1.38 bits per heavy atom. The summed E-state index contributed by atoms with van der Waals surface area (Å²) in [6, 6.07) is 5.95. The van der Waals surface area contributed by atoms with Crippen LogP contribution in [0, 0.1) is 23.7 Å². The van der Waals surface area contributed by atoms with Gasteiger partial charge in [0.1, 0.15) is 11.9 Å². The fraction of sp³-hybridized carbons (Fsp3) is 0.500. The first-order chi connectivity index (χ1) is 13.9. The molecule has 1 aliphatic heterocycles. The summed E-state index contributed by atoms with van der Waals surface area (Å²) < 4.78 is 6.18. The van der Waals surface area contributed by atoms with Gasteiger partial charge in [-0.1, -0.05) is 31.2 Å². The molecule has 2 N–H and O–H groups in total. The maximum absolute atomic E-state index is 12.4. The van der Waals surface area contributed by atoms with Crippen molar-refractivity contribution in [3.8, 4) is 17.6 Å². The summed E-state index contributed by atoms with van der Waals surface area (Å²) in [4.78, 5) is 23.2. The smallest absolute Gasteiger partial charge is 0.303 e. The van der Waals surface area contributed by atoms with E-state index in [1.807, 2.05) is 31.2 Å². The highest BCUT2D eigenvalue weighted by Crippen LogP contribution is 2.52. The lowest BCUT2D eigenvalue weighted by Gasteiger charge is -2.17. The van der Waals surface area contributed by atoms with Gasteiger partial charge in [-0.2, -0.15) is 0 Å². The van der Waals surface area contributed by atoms with Crippen molar-refractivity contribution in [1.82, 2.24) is 0 Å². The van der Waals surface area contributed by atoms with Crippen molar-refractivity contribution < 1.29 is 24.5 Å². The van der Waals surface area contributed by atoms with Crippen molar-refractivity contribution in [2.45, 2.75) is 64.1 Å². The summed E-state index contributed by atoms with van der Waals surface area (Å²) in [6.45, 7) is 3.62. The van der Waals surface area contributed by atoms with Crippen LogP contribution in [0.2, 0.25) is 0 Å². The third-order valence-corrected chi connectivity index (χ3v) is 5.88. The van der Waals surface area contributed by atoms with Crippen molar-refractivity contribution >= 4 is 11.8 Å². The fourth-order valence-electron chi connectivity index (χ4n) is 4.32. The van der Waals surface area contributed by atoms with Crippen molar-refractivity contribution in [3.63, 3.8) is 0 Å².